The van der Waals surface area contributed by atoms with Crippen molar-refractivity contribution in [2.75, 3.05) is 0 Å². The van der Waals surface area contributed by atoms with Crippen LogP contribution in [0.15, 0.2) is 12.2 Å². The van der Waals surface area contributed by atoms with E-state index in [0.717, 1.165) is 44.9 Å². The third-order valence-electron chi connectivity index (χ3n) is 7.74. The predicted molar refractivity (Wildman–Crippen MR) is 97.2 cm³/mol. The van der Waals surface area contributed by atoms with Gasteiger partial charge in [0.1, 0.15) is 11.4 Å². The minimum absolute atomic E-state index is 0.169. The molecule has 4 unspecified atom stereocenters. The summed E-state index contributed by atoms with van der Waals surface area (Å²) in [6, 6.07) is 0. The minimum Gasteiger partial charge on any atom is -0.377 e. The summed E-state index contributed by atoms with van der Waals surface area (Å²) in [6.07, 6.45) is 13.8. The van der Waals surface area contributed by atoms with E-state index >= 15 is 0 Å². The molecule has 6 atom stereocenters. The van der Waals surface area contributed by atoms with Gasteiger partial charge in [-0.3, -0.25) is 4.79 Å². The number of ketones is 1. The molecule has 2 heteroatoms. The van der Waals surface area contributed by atoms with Crippen molar-refractivity contribution in [2.24, 2.45) is 29.1 Å². The number of allylic oxidation sites excluding steroid dienone is 1. The molecule has 0 spiro atoms. The molecule has 0 aliphatic heterocycles. The highest BCUT2D eigenvalue weighted by atomic mass is 16.3. The molecule has 0 heterocycles. The SMILES string of the molecule is C#C[C@]1(O)CCC2C3C(CCC21C)C(=C)CCC(=O)CCC[C@H]3C. The fourth-order valence-corrected chi connectivity index (χ4v) is 6.14. The number of fused-ring (bicyclic) bond motifs is 3. The Morgan fingerprint density at radius 2 is 1.96 bits per heavy atom. The Morgan fingerprint density at radius 3 is 2.67 bits per heavy atom. The topological polar surface area (TPSA) is 37.3 Å². The smallest absolute Gasteiger partial charge is 0.133 e. The van der Waals surface area contributed by atoms with E-state index in [0.29, 0.717) is 42.3 Å². The molecule has 0 radical (unpaired) electrons. The Labute approximate surface area is 147 Å². The van der Waals surface area contributed by atoms with Gasteiger partial charge in [0.15, 0.2) is 0 Å². The highest BCUT2D eigenvalue weighted by molar-refractivity contribution is 5.78. The van der Waals surface area contributed by atoms with Gasteiger partial charge in [-0.15, -0.1) is 6.42 Å². The molecule has 0 aromatic heterocycles. The second kappa shape index (κ2) is 6.34. The van der Waals surface area contributed by atoms with Crippen LogP contribution < -0.4 is 0 Å². The zero-order chi connectivity index (χ0) is 17.5. The zero-order valence-electron chi connectivity index (χ0n) is 15.3. The van der Waals surface area contributed by atoms with Gasteiger partial charge in [0, 0.05) is 18.3 Å². The summed E-state index contributed by atoms with van der Waals surface area (Å²) in [5.74, 6) is 5.21. The molecule has 3 fully saturated rings. The van der Waals surface area contributed by atoms with Crippen molar-refractivity contribution in [1.29, 1.82) is 0 Å². The van der Waals surface area contributed by atoms with Gasteiger partial charge in [0.05, 0.1) is 0 Å². The van der Waals surface area contributed by atoms with Crippen LogP contribution in [0.25, 0.3) is 0 Å². The van der Waals surface area contributed by atoms with Crippen molar-refractivity contribution in [3.8, 4) is 12.3 Å². The Hall–Kier alpha value is -1.07. The maximum Gasteiger partial charge on any atom is 0.133 e. The lowest BCUT2D eigenvalue weighted by molar-refractivity contribution is -0.119. The molecular formula is C22H32O2. The summed E-state index contributed by atoms with van der Waals surface area (Å²) in [5, 5.41) is 11.1. The van der Waals surface area contributed by atoms with E-state index in [9.17, 15) is 9.90 Å². The van der Waals surface area contributed by atoms with Gasteiger partial charge in [0.25, 0.3) is 0 Å². The first kappa shape index (κ1) is 17.7. The van der Waals surface area contributed by atoms with Crippen LogP contribution in [0.5, 0.6) is 0 Å². The van der Waals surface area contributed by atoms with Crippen LogP contribution in [0, 0.1) is 41.4 Å². The van der Waals surface area contributed by atoms with Gasteiger partial charge in [0.2, 0.25) is 0 Å². The van der Waals surface area contributed by atoms with Crippen molar-refractivity contribution in [1.82, 2.24) is 0 Å². The number of carbonyl (C=O) groups excluding carboxylic acids is 1. The lowest BCUT2D eigenvalue weighted by Crippen LogP contribution is -2.51. The van der Waals surface area contributed by atoms with Crippen LogP contribution in [0.3, 0.4) is 0 Å². The standard InChI is InChI=1S/C22H32O2/c1-5-22(24)14-12-19-20-16(3)7-6-8-17(23)10-9-15(2)18(20)11-13-21(19,22)4/h1,16,18-20,24H,2,6-14H2,3-4H3/t16-,18?,19?,20?,21?,22+/m1/s1. The number of hydrogen-bond donors (Lipinski definition) is 1. The first-order valence-electron chi connectivity index (χ1n) is 9.72. The molecule has 0 aromatic carbocycles. The zero-order valence-corrected chi connectivity index (χ0v) is 15.3. The quantitative estimate of drug-likeness (QED) is 0.524. The van der Waals surface area contributed by atoms with Crippen molar-refractivity contribution in [3.63, 3.8) is 0 Å². The Morgan fingerprint density at radius 1 is 1.21 bits per heavy atom. The van der Waals surface area contributed by atoms with Crippen molar-refractivity contribution in [2.45, 2.75) is 77.2 Å². The van der Waals surface area contributed by atoms with Gasteiger partial charge in [-0.2, -0.15) is 0 Å². The summed E-state index contributed by atoms with van der Waals surface area (Å²) < 4.78 is 0. The molecule has 0 bridgehead atoms. The van der Waals surface area contributed by atoms with Gasteiger partial charge < -0.3 is 5.11 Å². The molecule has 24 heavy (non-hydrogen) atoms. The third kappa shape index (κ3) is 2.66. The van der Waals surface area contributed by atoms with Gasteiger partial charge in [-0.25, -0.2) is 0 Å². The van der Waals surface area contributed by atoms with Gasteiger partial charge in [-0.05, 0) is 68.6 Å². The molecule has 3 saturated carbocycles. The Bertz CT molecular complexity index is 571. The third-order valence-corrected chi connectivity index (χ3v) is 7.74. The normalized spacial score (nSPS) is 46.8. The summed E-state index contributed by atoms with van der Waals surface area (Å²) in [6.45, 7) is 8.94. The Balaban J connectivity index is 1.93. The summed E-state index contributed by atoms with van der Waals surface area (Å²) in [7, 11) is 0. The monoisotopic (exact) mass is 328 g/mol. The number of aliphatic hydroxyl groups is 1. The fraction of sp³-hybridized carbons (Fsp3) is 0.773. The van der Waals surface area contributed by atoms with E-state index in [-0.39, 0.29) is 5.41 Å². The lowest BCUT2D eigenvalue weighted by Gasteiger charge is -2.52. The second-order valence-electron chi connectivity index (χ2n) is 8.86. The molecule has 0 saturated heterocycles. The molecule has 2 nitrogen and oxygen atoms in total. The number of carbonyl (C=O) groups is 1. The van der Waals surface area contributed by atoms with E-state index < -0.39 is 5.60 Å². The van der Waals surface area contributed by atoms with Crippen LogP contribution in [0.1, 0.15) is 71.6 Å². The van der Waals surface area contributed by atoms with Gasteiger partial charge >= 0.3 is 0 Å². The fourth-order valence-electron chi connectivity index (χ4n) is 6.14. The molecule has 0 aromatic rings. The van der Waals surface area contributed by atoms with Crippen molar-refractivity contribution < 1.29 is 9.90 Å². The molecule has 0 amide bonds. The molecule has 132 valence electrons. The molecule has 3 aliphatic rings. The van der Waals surface area contributed by atoms with Crippen molar-refractivity contribution >= 4 is 5.78 Å². The largest absolute Gasteiger partial charge is 0.377 e. The second-order valence-corrected chi connectivity index (χ2v) is 8.86. The summed E-state index contributed by atoms with van der Waals surface area (Å²) in [5.41, 5.74) is 0.145. The summed E-state index contributed by atoms with van der Waals surface area (Å²) >= 11 is 0. The number of Topliss-reactive ketones (excluding diaryl/α,β-unsaturated/α-hetero) is 1. The van der Waals surface area contributed by atoms with Crippen LogP contribution in [0.2, 0.25) is 0 Å². The maximum atomic E-state index is 12.0. The number of terminal acetylenes is 1. The molecular weight excluding hydrogens is 296 g/mol. The van der Waals surface area contributed by atoms with E-state index in [4.69, 9.17) is 6.42 Å². The van der Waals surface area contributed by atoms with E-state index in [1.165, 1.54) is 5.57 Å². The first-order valence-corrected chi connectivity index (χ1v) is 9.72. The molecule has 3 aliphatic carbocycles. The average Bonchev–Trinajstić information content (AvgIpc) is 2.83. The minimum atomic E-state index is -0.949. The Kier molecular flexibility index (Phi) is 4.69. The highest BCUT2D eigenvalue weighted by Crippen LogP contribution is 2.63. The molecule has 3 rings (SSSR count). The van der Waals surface area contributed by atoms with Crippen LogP contribution in [-0.4, -0.2) is 16.5 Å². The van der Waals surface area contributed by atoms with Crippen LogP contribution in [-0.2, 0) is 4.79 Å². The van der Waals surface area contributed by atoms with Gasteiger partial charge in [-0.1, -0.05) is 31.9 Å². The number of rotatable bonds is 0. The van der Waals surface area contributed by atoms with Crippen LogP contribution in [0.4, 0.5) is 0 Å². The van der Waals surface area contributed by atoms with E-state index in [2.05, 4.69) is 26.3 Å². The summed E-state index contributed by atoms with van der Waals surface area (Å²) in [4.78, 5) is 12.0. The van der Waals surface area contributed by atoms with E-state index in [1.54, 1.807) is 0 Å². The number of hydrogen-bond acceptors (Lipinski definition) is 2. The lowest BCUT2D eigenvalue weighted by atomic mass is 9.53. The van der Waals surface area contributed by atoms with E-state index in [1.807, 2.05) is 0 Å². The maximum absolute atomic E-state index is 12.0. The highest BCUT2D eigenvalue weighted by Gasteiger charge is 2.61. The van der Waals surface area contributed by atoms with Crippen LogP contribution >= 0.6 is 0 Å². The van der Waals surface area contributed by atoms with Crippen molar-refractivity contribution in [3.05, 3.63) is 12.2 Å². The molecule has 1 N–H and O–H groups in total. The first-order chi connectivity index (χ1) is 11.3. The predicted octanol–water partition coefficient (Wildman–Crippen LogP) is 4.52. The average molecular weight is 328 g/mol.